The summed E-state index contributed by atoms with van der Waals surface area (Å²) in [6.45, 7) is 2.64. The lowest BCUT2D eigenvalue weighted by atomic mass is 10.2. The number of rotatable bonds is 4. The van der Waals surface area contributed by atoms with E-state index < -0.39 is 0 Å². The first kappa shape index (κ1) is 12.9. The van der Waals surface area contributed by atoms with Crippen LogP contribution in [0, 0.1) is 6.92 Å². The largest absolute Gasteiger partial charge is 0.454 e. The van der Waals surface area contributed by atoms with E-state index in [-0.39, 0.29) is 12.7 Å². The molecule has 7 heteroatoms. The lowest BCUT2D eigenvalue weighted by Gasteiger charge is -2.04. The van der Waals surface area contributed by atoms with E-state index in [1.54, 1.807) is 29.5 Å². The molecule has 0 aliphatic carbocycles. The molecule has 0 saturated heterocycles. The zero-order valence-corrected chi connectivity index (χ0v) is 11.7. The van der Waals surface area contributed by atoms with Gasteiger partial charge in [-0.05, 0) is 25.1 Å². The minimum atomic E-state index is -0.135. The third kappa shape index (κ3) is 2.72. The number of benzene rings is 1. The van der Waals surface area contributed by atoms with Gasteiger partial charge in [-0.1, -0.05) is 0 Å². The molecule has 1 aromatic heterocycles. The third-order valence-electron chi connectivity index (χ3n) is 2.83. The maximum absolute atomic E-state index is 12.0. The molecule has 20 heavy (non-hydrogen) atoms. The van der Waals surface area contributed by atoms with Crippen molar-refractivity contribution in [1.29, 1.82) is 0 Å². The van der Waals surface area contributed by atoms with Gasteiger partial charge in [0.25, 0.3) is 5.91 Å². The van der Waals surface area contributed by atoms with Crippen LogP contribution >= 0.6 is 11.3 Å². The Morgan fingerprint density at radius 3 is 3.00 bits per heavy atom. The van der Waals surface area contributed by atoms with Gasteiger partial charge in [0, 0.05) is 18.5 Å². The molecule has 0 radical (unpaired) electrons. The maximum atomic E-state index is 12.0. The van der Waals surface area contributed by atoms with Crippen molar-refractivity contribution in [1.82, 2.24) is 15.5 Å². The first-order valence-electron chi connectivity index (χ1n) is 6.19. The van der Waals surface area contributed by atoms with Crippen molar-refractivity contribution < 1.29 is 14.3 Å². The van der Waals surface area contributed by atoms with Gasteiger partial charge in [-0.3, -0.25) is 4.79 Å². The molecule has 6 nitrogen and oxygen atoms in total. The second kappa shape index (κ2) is 5.46. The third-order valence-corrected chi connectivity index (χ3v) is 3.73. The zero-order chi connectivity index (χ0) is 13.9. The summed E-state index contributed by atoms with van der Waals surface area (Å²) in [5, 5.41) is 12.7. The molecule has 0 unspecified atom stereocenters. The van der Waals surface area contributed by atoms with E-state index in [1.165, 1.54) is 0 Å². The molecule has 1 aliphatic heterocycles. The normalized spacial score (nSPS) is 12.4. The van der Waals surface area contributed by atoms with E-state index in [0.717, 1.165) is 10.0 Å². The minimum Gasteiger partial charge on any atom is -0.454 e. The fourth-order valence-corrected chi connectivity index (χ4v) is 2.57. The van der Waals surface area contributed by atoms with Gasteiger partial charge < -0.3 is 14.8 Å². The van der Waals surface area contributed by atoms with Crippen LogP contribution in [0.25, 0.3) is 0 Å². The molecule has 2 heterocycles. The summed E-state index contributed by atoms with van der Waals surface area (Å²) in [4.78, 5) is 12.0. The first-order chi connectivity index (χ1) is 9.72. The van der Waals surface area contributed by atoms with Crippen molar-refractivity contribution in [2.45, 2.75) is 13.3 Å². The number of carbonyl (C=O) groups excluding carboxylic acids is 1. The van der Waals surface area contributed by atoms with Crippen LogP contribution in [0.2, 0.25) is 0 Å². The Labute approximate surface area is 119 Å². The fourth-order valence-electron chi connectivity index (χ4n) is 1.86. The Bertz CT molecular complexity index is 642. The van der Waals surface area contributed by atoms with Crippen LogP contribution in [-0.2, 0) is 6.42 Å². The standard InChI is InChI=1S/C13H13N3O3S/c1-8-15-16-12(20-8)4-5-14-13(17)9-2-3-10-11(6-9)19-7-18-10/h2-3,6H,4-5,7H2,1H3,(H,14,17). The second-order valence-electron chi connectivity index (χ2n) is 4.29. The molecule has 1 aliphatic rings. The quantitative estimate of drug-likeness (QED) is 0.925. The van der Waals surface area contributed by atoms with Gasteiger partial charge in [-0.25, -0.2) is 0 Å². The van der Waals surface area contributed by atoms with Gasteiger partial charge in [0.15, 0.2) is 11.5 Å². The SMILES string of the molecule is Cc1nnc(CCNC(=O)c2ccc3c(c2)OCO3)s1. The van der Waals surface area contributed by atoms with Crippen LogP contribution in [0.1, 0.15) is 20.4 Å². The van der Waals surface area contributed by atoms with Crippen LogP contribution in [0.4, 0.5) is 0 Å². The Balaban J connectivity index is 1.56. The van der Waals surface area contributed by atoms with Crippen LogP contribution in [0.5, 0.6) is 11.5 Å². The summed E-state index contributed by atoms with van der Waals surface area (Å²) >= 11 is 1.54. The van der Waals surface area contributed by atoms with Gasteiger partial charge in [0.2, 0.25) is 6.79 Å². The molecule has 1 amide bonds. The van der Waals surface area contributed by atoms with Crippen molar-refractivity contribution in [3.05, 3.63) is 33.8 Å². The van der Waals surface area contributed by atoms with Gasteiger partial charge in [-0.2, -0.15) is 0 Å². The summed E-state index contributed by atoms with van der Waals surface area (Å²) in [5.74, 6) is 1.15. The number of aromatic nitrogens is 2. The number of nitrogens with zero attached hydrogens (tertiary/aromatic N) is 2. The first-order valence-corrected chi connectivity index (χ1v) is 7.01. The van der Waals surface area contributed by atoms with Crippen molar-refractivity contribution in [2.75, 3.05) is 13.3 Å². The van der Waals surface area contributed by atoms with Crippen molar-refractivity contribution >= 4 is 17.2 Å². The van der Waals surface area contributed by atoms with Crippen molar-refractivity contribution in [2.24, 2.45) is 0 Å². The molecule has 0 saturated carbocycles. The average Bonchev–Trinajstić information content (AvgIpc) is 3.06. The number of nitrogens with one attached hydrogen (secondary N) is 1. The topological polar surface area (TPSA) is 73.3 Å². The lowest BCUT2D eigenvalue weighted by molar-refractivity contribution is 0.0953. The van der Waals surface area contributed by atoms with Crippen molar-refractivity contribution in [3.8, 4) is 11.5 Å². The molecule has 0 spiro atoms. The Kier molecular flexibility index (Phi) is 3.51. The Hall–Kier alpha value is -2.15. The van der Waals surface area contributed by atoms with Crippen LogP contribution in [0.15, 0.2) is 18.2 Å². The lowest BCUT2D eigenvalue weighted by Crippen LogP contribution is -2.25. The number of hydrogen-bond donors (Lipinski definition) is 1. The molecule has 1 aromatic carbocycles. The molecule has 1 N–H and O–H groups in total. The number of aryl methyl sites for hydroxylation is 1. The number of ether oxygens (including phenoxy) is 2. The monoisotopic (exact) mass is 291 g/mol. The number of fused-ring (bicyclic) bond motifs is 1. The highest BCUT2D eigenvalue weighted by atomic mass is 32.1. The van der Waals surface area contributed by atoms with E-state index >= 15 is 0 Å². The molecule has 0 bridgehead atoms. The van der Waals surface area contributed by atoms with E-state index in [0.29, 0.717) is 30.0 Å². The minimum absolute atomic E-state index is 0.135. The molecular formula is C13H13N3O3S. The van der Waals surface area contributed by atoms with E-state index in [1.807, 2.05) is 6.92 Å². The Morgan fingerprint density at radius 1 is 1.35 bits per heavy atom. The van der Waals surface area contributed by atoms with Gasteiger partial charge in [-0.15, -0.1) is 21.5 Å². The number of amides is 1. The van der Waals surface area contributed by atoms with Gasteiger partial charge in [0.05, 0.1) is 0 Å². The summed E-state index contributed by atoms with van der Waals surface area (Å²) in [6.07, 6.45) is 0.682. The highest BCUT2D eigenvalue weighted by Gasteiger charge is 2.16. The molecule has 0 atom stereocenters. The highest BCUT2D eigenvalue weighted by molar-refractivity contribution is 7.11. The van der Waals surface area contributed by atoms with Gasteiger partial charge >= 0.3 is 0 Å². The zero-order valence-electron chi connectivity index (χ0n) is 10.9. The molecule has 3 rings (SSSR count). The summed E-state index contributed by atoms with van der Waals surface area (Å²) in [6, 6.07) is 5.15. The van der Waals surface area contributed by atoms with Crippen molar-refractivity contribution in [3.63, 3.8) is 0 Å². The second-order valence-corrected chi connectivity index (χ2v) is 5.55. The summed E-state index contributed by atoms with van der Waals surface area (Å²) < 4.78 is 10.5. The highest BCUT2D eigenvalue weighted by Crippen LogP contribution is 2.32. The predicted molar refractivity (Wildman–Crippen MR) is 73.2 cm³/mol. The van der Waals surface area contributed by atoms with Gasteiger partial charge in [0.1, 0.15) is 10.0 Å². The molecule has 0 fully saturated rings. The number of hydrogen-bond acceptors (Lipinski definition) is 6. The van der Waals surface area contributed by atoms with E-state index in [2.05, 4.69) is 15.5 Å². The Morgan fingerprint density at radius 2 is 2.20 bits per heavy atom. The molecular weight excluding hydrogens is 278 g/mol. The summed E-state index contributed by atoms with van der Waals surface area (Å²) in [5.41, 5.74) is 0.558. The summed E-state index contributed by atoms with van der Waals surface area (Å²) in [7, 11) is 0. The number of carbonyl (C=O) groups is 1. The molecule has 104 valence electrons. The predicted octanol–water partition coefficient (Wildman–Crippen LogP) is 1.55. The smallest absolute Gasteiger partial charge is 0.251 e. The average molecular weight is 291 g/mol. The van der Waals surface area contributed by atoms with E-state index in [9.17, 15) is 4.79 Å². The van der Waals surface area contributed by atoms with Crippen LogP contribution in [0.3, 0.4) is 0 Å². The maximum Gasteiger partial charge on any atom is 0.251 e. The van der Waals surface area contributed by atoms with Crippen LogP contribution < -0.4 is 14.8 Å². The van der Waals surface area contributed by atoms with Crippen LogP contribution in [-0.4, -0.2) is 29.4 Å². The molecule has 2 aromatic rings. The fraction of sp³-hybridized carbons (Fsp3) is 0.308. The van der Waals surface area contributed by atoms with E-state index in [4.69, 9.17) is 9.47 Å².